The Morgan fingerprint density at radius 1 is 1.39 bits per heavy atom. The van der Waals surface area contributed by atoms with Gasteiger partial charge in [-0.05, 0) is 56.2 Å². The van der Waals surface area contributed by atoms with E-state index in [0.29, 0.717) is 5.92 Å². The predicted octanol–water partition coefficient (Wildman–Crippen LogP) is 3.77. The molecular formula is C16H22O2. The second-order valence-electron chi connectivity index (χ2n) is 5.48. The molecule has 3 atom stereocenters. The molecule has 0 amide bonds. The number of carbonyl (C=O) groups excluding carboxylic acids is 1. The van der Waals surface area contributed by atoms with E-state index in [4.69, 9.17) is 4.74 Å². The van der Waals surface area contributed by atoms with Crippen LogP contribution in [0.15, 0.2) is 24.3 Å². The van der Waals surface area contributed by atoms with E-state index in [1.54, 1.807) is 0 Å². The number of hydrogen-bond acceptors (Lipinski definition) is 2. The van der Waals surface area contributed by atoms with E-state index >= 15 is 0 Å². The Labute approximate surface area is 109 Å². The lowest BCUT2D eigenvalue weighted by atomic mass is 9.80. The van der Waals surface area contributed by atoms with Crippen LogP contribution in [0, 0.1) is 18.8 Å². The molecular weight excluding hydrogens is 224 g/mol. The highest BCUT2D eigenvalue weighted by Gasteiger charge is 2.26. The number of aryl methyl sites for hydroxylation is 1. The summed E-state index contributed by atoms with van der Waals surface area (Å²) in [5.74, 6) is 1.61. The summed E-state index contributed by atoms with van der Waals surface area (Å²) in [4.78, 5) is 10.9. The third kappa shape index (κ3) is 3.34. The molecule has 0 heterocycles. The first-order chi connectivity index (χ1) is 8.69. The van der Waals surface area contributed by atoms with Gasteiger partial charge in [0.2, 0.25) is 0 Å². The van der Waals surface area contributed by atoms with Gasteiger partial charge in [-0.25, -0.2) is 0 Å². The molecule has 1 aromatic rings. The van der Waals surface area contributed by atoms with Crippen molar-refractivity contribution >= 4 is 6.29 Å². The Morgan fingerprint density at radius 3 is 2.94 bits per heavy atom. The Hall–Kier alpha value is -1.31. The highest BCUT2D eigenvalue weighted by Crippen LogP contribution is 2.31. The van der Waals surface area contributed by atoms with Gasteiger partial charge in [-0.15, -0.1) is 0 Å². The first kappa shape index (κ1) is 13.1. The van der Waals surface area contributed by atoms with E-state index in [1.165, 1.54) is 12.0 Å². The predicted molar refractivity (Wildman–Crippen MR) is 72.8 cm³/mol. The number of benzene rings is 1. The van der Waals surface area contributed by atoms with Crippen molar-refractivity contribution in [3.05, 3.63) is 29.8 Å². The number of carbonyl (C=O) groups is 1. The van der Waals surface area contributed by atoms with Gasteiger partial charge in [0.25, 0.3) is 0 Å². The molecule has 2 heteroatoms. The van der Waals surface area contributed by atoms with Crippen LogP contribution in [-0.4, -0.2) is 12.4 Å². The minimum absolute atomic E-state index is 0.161. The van der Waals surface area contributed by atoms with Gasteiger partial charge in [0.15, 0.2) is 0 Å². The van der Waals surface area contributed by atoms with E-state index in [9.17, 15) is 4.79 Å². The van der Waals surface area contributed by atoms with E-state index in [0.717, 1.165) is 31.3 Å². The van der Waals surface area contributed by atoms with Crippen molar-refractivity contribution in [3.8, 4) is 5.75 Å². The fraction of sp³-hybridized carbons (Fsp3) is 0.562. The highest BCUT2D eigenvalue weighted by atomic mass is 16.5. The third-order valence-corrected chi connectivity index (χ3v) is 3.92. The number of aldehydes is 1. The molecule has 2 nitrogen and oxygen atoms in total. The highest BCUT2D eigenvalue weighted by molar-refractivity contribution is 5.53. The van der Waals surface area contributed by atoms with E-state index < -0.39 is 0 Å². The van der Waals surface area contributed by atoms with Crippen molar-refractivity contribution in [2.45, 2.75) is 45.6 Å². The number of rotatable bonds is 4. The van der Waals surface area contributed by atoms with Crippen LogP contribution in [-0.2, 0) is 4.79 Å². The smallest absolute Gasteiger partial charge is 0.123 e. The van der Waals surface area contributed by atoms with Gasteiger partial charge in [0.05, 0.1) is 6.10 Å². The molecule has 2 rings (SSSR count). The molecule has 1 fully saturated rings. The lowest BCUT2D eigenvalue weighted by Crippen LogP contribution is -2.29. The molecule has 18 heavy (non-hydrogen) atoms. The van der Waals surface area contributed by atoms with Crippen molar-refractivity contribution in [1.82, 2.24) is 0 Å². The monoisotopic (exact) mass is 246 g/mol. The van der Waals surface area contributed by atoms with Crippen molar-refractivity contribution in [2.75, 3.05) is 0 Å². The molecule has 0 aromatic heterocycles. The summed E-state index contributed by atoms with van der Waals surface area (Å²) in [5, 5.41) is 0. The number of ether oxygens (including phenoxy) is 1. The minimum Gasteiger partial charge on any atom is -0.490 e. The van der Waals surface area contributed by atoms with Gasteiger partial charge >= 0.3 is 0 Å². The summed E-state index contributed by atoms with van der Waals surface area (Å²) in [5.41, 5.74) is 1.22. The Bertz CT molecular complexity index is 400. The van der Waals surface area contributed by atoms with Crippen LogP contribution in [0.2, 0.25) is 0 Å². The maximum atomic E-state index is 10.9. The topological polar surface area (TPSA) is 26.3 Å². The van der Waals surface area contributed by atoms with E-state index in [-0.39, 0.29) is 12.0 Å². The maximum Gasteiger partial charge on any atom is 0.123 e. The van der Waals surface area contributed by atoms with Crippen molar-refractivity contribution < 1.29 is 9.53 Å². The average Bonchev–Trinajstić information content (AvgIpc) is 2.38. The van der Waals surface area contributed by atoms with Crippen LogP contribution in [0.25, 0.3) is 0 Å². The molecule has 3 unspecified atom stereocenters. The van der Waals surface area contributed by atoms with Gasteiger partial charge in [-0.3, -0.25) is 0 Å². The van der Waals surface area contributed by atoms with Crippen molar-refractivity contribution in [2.24, 2.45) is 11.8 Å². The number of hydrogen-bond donors (Lipinski definition) is 0. The minimum atomic E-state index is 0.161. The molecule has 0 N–H and O–H groups in total. The molecule has 1 saturated carbocycles. The van der Waals surface area contributed by atoms with Gasteiger partial charge in [-0.1, -0.05) is 19.1 Å². The second kappa shape index (κ2) is 6.03. The molecule has 0 radical (unpaired) electrons. The molecule has 1 aliphatic rings. The standard InChI is InChI=1S/C16H22O2/c1-12-5-3-7-15(9-12)18-16-8-4-6-14(10-16)13(2)11-17/h3,5,7,9,11,13-14,16H,4,6,8,10H2,1-2H3. The summed E-state index contributed by atoms with van der Waals surface area (Å²) < 4.78 is 6.05. The molecule has 0 spiro atoms. The van der Waals surface area contributed by atoms with E-state index in [1.807, 2.05) is 19.1 Å². The van der Waals surface area contributed by atoms with Crippen LogP contribution < -0.4 is 4.74 Å². The van der Waals surface area contributed by atoms with Crippen LogP contribution in [0.5, 0.6) is 5.75 Å². The zero-order valence-corrected chi connectivity index (χ0v) is 11.3. The Kier molecular flexibility index (Phi) is 4.40. The largest absolute Gasteiger partial charge is 0.490 e. The molecule has 0 saturated heterocycles. The summed E-state index contributed by atoms with van der Waals surface area (Å²) in [6, 6.07) is 8.19. The SMILES string of the molecule is Cc1cccc(OC2CCCC(C(C)C=O)C2)c1. The quantitative estimate of drug-likeness (QED) is 0.756. The first-order valence-electron chi connectivity index (χ1n) is 6.87. The summed E-state index contributed by atoms with van der Waals surface area (Å²) >= 11 is 0. The van der Waals surface area contributed by atoms with Crippen molar-refractivity contribution in [3.63, 3.8) is 0 Å². The molecule has 0 aliphatic heterocycles. The van der Waals surface area contributed by atoms with Crippen LogP contribution >= 0.6 is 0 Å². The fourth-order valence-electron chi connectivity index (χ4n) is 2.76. The summed E-state index contributed by atoms with van der Waals surface area (Å²) in [6.07, 6.45) is 5.80. The average molecular weight is 246 g/mol. The zero-order valence-electron chi connectivity index (χ0n) is 11.3. The summed E-state index contributed by atoms with van der Waals surface area (Å²) in [7, 11) is 0. The Morgan fingerprint density at radius 2 is 2.22 bits per heavy atom. The molecule has 1 aromatic carbocycles. The van der Waals surface area contributed by atoms with Crippen molar-refractivity contribution in [1.29, 1.82) is 0 Å². The lowest BCUT2D eigenvalue weighted by Gasteiger charge is -2.31. The summed E-state index contributed by atoms with van der Waals surface area (Å²) in [6.45, 7) is 4.09. The molecule has 98 valence electrons. The van der Waals surface area contributed by atoms with Gasteiger partial charge in [0, 0.05) is 5.92 Å². The second-order valence-corrected chi connectivity index (χ2v) is 5.48. The van der Waals surface area contributed by atoms with Gasteiger partial charge < -0.3 is 9.53 Å². The first-order valence-corrected chi connectivity index (χ1v) is 6.87. The zero-order chi connectivity index (χ0) is 13.0. The van der Waals surface area contributed by atoms with Crippen LogP contribution in [0.3, 0.4) is 0 Å². The van der Waals surface area contributed by atoms with Gasteiger partial charge in [-0.2, -0.15) is 0 Å². The van der Waals surface area contributed by atoms with Crippen LogP contribution in [0.4, 0.5) is 0 Å². The lowest BCUT2D eigenvalue weighted by molar-refractivity contribution is -0.112. The molecule has 0 bridgehead atoms. The fourth-order valence-corrected chi connectivity index (χ4v) is 2.76. The molecule has 1 aliphatic carbocycles. The Balaban J connectivity index is 1.95. The van der Waals surface area contributed by atoms with Crippen LogP contribution in [0.1, 0.15) is 38.2 Å². The normalized spacial score (nSPS) is 25.4. The van der Waals surface area contributed by atoms with E-state index in [2.05, 4.69) is 19.1 Å². The third-order valence-electron chi connectivity index (χ3n) is 3.92. The van der Waals surface area contributed by atoms with Gasteiger partial charge in [0.1, 0.15) is 12.0 Å². The maximum absolute atomic E-state index is 10.9.